The van der Waals surface area contributed by atoms with Crippen molar-refractivity contribution in [1.29, 1.82) is 0 Å². The van der Waals surface area contributed by atoms with Gasteiger partial charge in [0.2, 0.25) is 0 Å². The molecule has 2 heteroatoms. The Labute approximate surface area is 126 Å². The summed E-state index contributed by atoms with van der Waals surface area (Å²) >= 11 is 0. The molecule has 1 aliphatic heterocycles. The number of hydrogen-bond donors (Lipinski definition) is 1. The molecule has 1 N–H and O–H groups in total. The van der Waals surface area contributed by atoms with Gasteiger partial charge in [-0.05, 0) is 37.0 Å². The molecule has 2 aromatic carbocycles. The minimum Gasteiger partial charge on any atom is -0.390 e. The number of fused-ring (bicyclic) bond motifs is 1. The zero-order valence-electron chi connectivity index (χ0n) is 12.7. The van der Waals surface area contributed by atoms with Crippen LogP contribution in [0.15, 0.2) is 42.5 Å². The minimum absolute atomic E-state index is 0.212. The lowest BCUT2D eigenvalue weighted by atomic mass is 9.91. The molecule has 3 rings (SSSR count). The Kier molecular flexibility index (Phi) is 4.09. The number of benzene rings is 2. The van der Waals surface area contributed by atoms with E-state index in [1.807, 2.05) is 6.07 Å². The normalized spacial score (nSPS) is 19.1. The van der Waals surface area contributed by atoms with Crippen LogP contribution in [0.5, 0.6) is 0 Å². The SMILES string of the molecule is Cc1cc(C)cc(CC(O)C2OCCc3ccccc32)c1. The van der Waals surface area contributed by atoms with E-state index in [1.54, 1.807) is 0 Å². The van der Waals surface area contributed by atoms with E-state index < -0.39 is 6.10 Å². The lowest BCUT2D eigenvalue weighted by molar-refractivity contribution is -0.0460. The Hall–Kier alpha value is -1.64. The summed E-state index contributed by atoms with van der Waals surface area (Å²) in [4.78, 5) is 0. The molecule has 1 heterocycles. The predicted molar refractivity (Wildman–Crippen MR) is 84.5 cm³/mol. The Bertz CT molecular complexity index is 613. The Morgan fingerprint density at radius 3 is 2.62 bits per heavy atom. The van der Waals surface area contributed by atoms with Crippen LogP contribution < -0.4 is 0 Å². The maximum atomic E-state index is 10.6. The Morgan fingerprint density at radius 2 is 1.86 bits per heavy atom. The summed E-state index contributed by atoms with van der Waals surface area (Å²) < 4.78 is 5.85. The van der Waals surface area contributed by atoms with Gasteiger partial charge in [-0.15, -0.1) is 0 Å². The molecule has 1 aliphatic rings. The van der Waals surface area contributed by atoms with E-state index >= 15 is 0 Å². The van der Waals surface area contributed by atoms with E-state index in [4.69, 9.17) is 4.74 Å². The minimum atomic E-state index is -0.507. The van der Waals surface area contributed by atoms with Crippen molar-refractivity contribution in [1.82, 2.24) is 0 Å². The van der Waals surface area contributed by atoms with Gasteiger partial charge in [0, 0.05) is 6.42 Å². The number of aryl methyl sites for hydroxylation is 2. The molecule has 0 aromatic heterocycles. The first kappa shape index (κ1) is 14.3. The van der Waals surface area contributed by atoms with Crippen LogP contribution in [-0.4, -0.2) is 17.8 Å². The van der Waals surface area contributed by atoms with E-state index in [9.17, 15) is 5.11 Å². The lowest BCUT2D eigenvalue weighted by Gasteiger charge is -2.30. The fraction of sp³-hybridized carbons (Fsp3) is 0.368. The molecule has 2 atom stereocenters. The third-order valence-corrected chi connectivity index (χ3v) is 4.11. The summed E-state index contributed by atoms with van der Waals surface area (Å²) in [6, 6.07) is 14.7. The van der Waals surface area contributed by atoms with Crippen LogP contribution in [0.3, 0.4) is 0 Å². The van der Waals surface area contributed by atoms with Crippen LogP contribution in [-0.2, 0) is 17.6 Å². The summed E-state index contributed by atoms with van der Waals surface area (Å²) in [5.41, 5.74) is 6.09. The fourth-order valence-corrected chi connectivity index (χ4v) is 3.28. The predicted octanol–water partition coefficient (Wildman–Crippen LogP) is 3.52. The van der Waals surface area contributed by atoms with Gasteiger partial charge in [0.15, 0.2) is 0 Å². The Balaban J connectivity index is 1.81. The molecule has 110 valence electrons. The summed E-state index contributed by atoms with van der Waals surface area (Å²) in [5.74, 6) is 0. The molecule has 0 aliphatic carbocycles. The van der Waals surface area contributed by atoms with Crippen molar-refractivity contribution in [3.8, 4) is 0 Å². The summed E-state index contributed by atoms with van der Waals surface area (Å²) in [7, 11) is 0. The summed E-state index contributed by atoms with van der Waals surface area (Å²) in [5, 5.41) is 10.6. The third-order valence-electron chi connectivity index (χ3n) is 4.11. The molecule has 21 heavy (non-hydrogen) atoms. The van der Waals surface area contributed by atoms with Gasteiger partial charge in [0.1, 0.15) is 6.10 Å². The molecular formula is C19H22O2. The highest BCUT2D eigenvalue weighted by atomic mass is 16.5. The average Bonchev–Trinajstić information content (AvgIpc) is 2.45. The Morgan fingerprint density at radius 1 is 1.14 bits per heavy atom. The second-order valence-corrected chi connectivity index (χ2v) is 6.01. The van der Waals surface area contributed by atoms with Gasteiger partial charge in [-0.3, -0.25) is 0 Å². The first-order valence-corrected chi connectivity index (χ1v) is 7.58. The van der Waals surface area contributed by atoms with E-state index in [2.05, 4.69) is 50.2 Å². The molecule has 0 bridgehead atoms. The monoisotopic (exact) mass is 282 g/mol. The summed E-state index contributed by atoms with van der Waals surface area (Å²) in [6.45, 7) is 4.87. The number of hydrogen-bond acceptors (Lipinski definition) is 2. The van der Waals surface area contributed by atoms with E-state index in [1.165, 1.54) is 22.3 Å². The van der Waals surface area contributed by atoms with Crippen molar-refractivity contribution in [3.63, 3.8) is 0 Å². The third kappa shape index (κ3) is 3.17. The van der Waals surface area contributed by atoms with Crippen molar-refractivity contribution in [2.24, 2.45) is 0 Å². The number of rotatable bonds is 3. The smallest absolute Gasteiger partial charge is 0.109 e. The average molecular weight is 282 g/mol. The highest BCUT2D eigenvalue weighted by Crippen LogP contribution is 2.31. The molecular weight excluding hydrogens is 260 g/mol. The number of ether oxygens (including phenoxy) is 1. The summed E-state index contributed by atoms with van der Waals surface area (Å²) in [6.07, 6.45) is 0.841. The van der Waals surface area contributed by atoms with Crippen molar-refractivity contribution in [2.45, 2.75) is 38.9 Å². The van der Waals surface area contributed by atoms with Gasteiger partial charge in [-0.25, -0.2) is 0 Å². The van der Waals surface area contributed by atoms with Gasteiger partial charge in [0.05, 0.1) is 12.7 Å². The van der Waals surface area contributed by atoms with Crippen LogP contribution in [0.1, 0.15) is 33.9 Å². The van der Waals surface area contributed by atoms with Gasteiger partial charge >= 0.3 is 0 Å². The zero-order chi connectivity index (χ0) is 14.8. The first-order valence-electron chi connectivity index (χ1n) is 7.58. The molecule has 0 saturated heterocycles. The van der Waals surface area contributed by atoms with Crippen molar-refractivity contribution < 1.29 is 9.84 Å². The van der Waals surface area contributed by atoms with Crippen LogP contribution in [0.2, 0.25) is 0 Å². The second kappa shape index (κ2) is 6.00. The van der Waals surface area contributed by atoms with Gasteiger partial charge in [0.25, 0.3) is 0 Å². The highest BCUT2D eigenvalue weighted by Gasteiger charge is 2.27. The van der Waals surface area contributed by atoms with E-state index in [0.717, 1.165) is 12.0 Å². The number of aliphatic hydroxyl groups is 1. The van der Waals surface area contributed by atoms with Crippen molar-refractivity contribution >= 4 is 0 Å². The molecule has 0 radical (unpaired) electrons. The molecule has 0 spiro atoms. The lowest BCUT2D eigenvalue weighted by Crippen LogP contribution is -2.28. The van der Waals surface area contributed by atoms with Crippen LogP contribution in [0.25, 0.3) is 0 Å². The quantitative estimate of drug-likeness (QED) is 0.933. The first-order chi connectivity index (χ1) is 10.1. The van der Waals surface area contributed by atoms with E-state index in [0.29, 0.717) is 13.0 Å². The largest absolute Gasteiger partial charge is 0.390 e. The maximum Gasteiger partial charge on any atom is 0.109 e. The van der Waals surface area contributed by atoms with Gasteiger partial charge in [-0.2, -0.15) is 0 Å². The highest BCUT2D eigenvalue weighted by molar-refractivity contribution is 5.33. The van der Waals surface area contributed by atoms with Crippen molar-refractivity contribution in [3.05, 3.63) is 70.3 Å². The molecule has 0 fully saturated rings. The number of aliphatic hydroxyl groups excluding tert-OH is 1. The topological polar surface area (TPSA) is 29.5 Å². The van der Waals surface area contributed by atoms with Crippen LogP contribution >= 0.6 is 0 Å². The van der Waals surface area contributed by atoms with Gasteiger partial charge < -0.3 is 9.84 Å². The molecule has 2 unspecified atom stereocenters. The van der Waals surface area contributed by atoms with Crippen LogP contribution in [0, 0.1) is 13.8 Å². The zero-order valence-corrected chi connectivity index (χ0v) is 12.7. The molecule has 0 amide bonds. The van der Waals surface area contributed by atoms with Gasteiger partial charge in [-0.1, -0.05) is 53.6 Å². The standard InChI is InChI=1S/C19H22O2/c1-13-9-14(2)11-15(10-13)12-18(20)19-17-6-4-3-5-16(17)7-8-21-19/h3-6,9-11,18-20H,7-8,12H2,1-2H3. The fourth-order valence-electron chi connectivity index (χ4n) is 3.28. The maximum absolute atomic E-state index is 10.6. The van der Waals surface area contributed by atoms with E-state index in [-0.39, 0.29) is 6.10 Å². The molecule has 2 aromatic rings. The second-order valence-electron chi connectivity index (χ2n) is 6.01. The molecule has 0 saturated carbocycles. The van der Waals surface area contributed by atoms with Crippen molar-refractivity contribution in [2.75, 3.05) is 6.61 Å². The molecule has 2 nitrogen and oxygen atoms in total. The van der Waals surface area contributed by atoms with Crippen LogP contribution in [0.4, 0.5) is 0 Å².